The van der Waals surface area contributed by atoms with Crippen molar-refractivity contribution in [3.8, 4) is 0 Å². The fourth-order valence-corrected chi connectivity index (χ4v) is 1.50. The summed E-state index contributed by atoms with van der Waals surface area (Å²) in [6.45, 7) is 0. The summed E-state index contributed by atoms with van der Waals surface area (Å²) in [4.78, 5) is 25.4. The first-order chi connectivity index (χ1) is 9.49. The number of rotatable bonds is 3. The number of carbonyl (C=O) groups is 1. The van der Waals surface area contributed by atoms with Gasteiger partial charge in [0.25, 0.3) is 11.6 Å². The Balaban J connectivity index is 2.39. The van der Waals surface area contributed by atoms with Crippen LogP contribution in [0.3, 0.4) is 0 Å². The van der Waals surface area contributed by atoms with Crippen LogP contribution in [0.5, 0.6) is 0 Å². The Bertz CT molecular complexity index is 677. The predicted octanol–water partition coefficient (Wildman–Crippen LogP) is 2.52. The summed E-state index contributed by atoms with van der Waals surface area (Å²) in [6.07, 6.45) is 2.78. The molecular formula is C12H7F2N3O3. The number of hydrogen-bond acceptors (Lipinski definition) is 4. The van der Waals surface area contributed by atoms with Crippen molar-refractivity contribution in [3.05, 3.63) is 64.0 Å². The van der Waals surface area contributed by atoms with Crippen molar-refractivity contribution in [2.75, 3.05) is 5.32 Å². The van der Waals surface area contributed by atoms with Crippen LogP contribution in [-0.4, -0.2) is 15.8 Å². The minimum atomic E-state index is -1.39. The standard InChI is InChI=1S/C12H7F2N3O3/c13-9-4-8(11(17(19)20)5-10(9)14)12(18)16-7-2-1-3-15-6-7/h1-6H,(H,16,18). The van der Waals surface area contributed by atoms with E-state index in [0.29, 0.717) is 12.1 Å². The normalized spacial score (nSPS) is 10.1. The summed E-state index contributed by atoms with van der Waals surface area (Å²) in [5, 5.41) is 13.1. The SMILES string of the molecule is O=C(Nc1cccnc1)c1cc(F)c(F)cc1[N+](=O)[O-]. The lowest BCUT2D eigenvalue weighted by Gasteiger charge is -2.05. The summed E-state index contributed by atoms with van der Waals surface area (Å²) < 4.78 is 26.1. The topological polar surface area (TPSA) is 85.1 Å². The van der Waals surface area contributed by atoms with Gasteiger partial charge >= 0.3 is 0 Å². The number of carbonyl (C=O) groups excluding carboxylic acids is 1. The number of nitrogens with zero attached hydrogens (tertiary/aromatic N) is 2. The molecule has 1 amide bonds. The third kappa shape index (κ3) is 2.74. The van der Waals surface area contributed by atoms with Gasteiger partial charge in [0.2, 0.25) is 0 Å². The van der Waals surface area contributed by atoms with Gasteiger partial charge in [0, 0.05) is 6.20 Å². The molecular weight excluding hydrogens is 272 g/mol. The first-order valence-electron chi connectivity index (χ1n) is 5.34. The minimum Gasteiger partial charge on any atom is -0.320 e. The van der Waals surface area contributed by atoms with Gasteiger partial charge in [-0.25, -0.2) is 8.78 Å². The zero-order valence-electron chi connectivity index (χ0n) is 9.84. The Kier molecular flexibility index (Phi) is 3.65. The Morgan fingerprint density at radius 2 is 2.00 bits per heavy atom. The Morgan fingerprint density at radius 3 is 2.60 bits per heavy atom. The molecule has 0 saturated heterocycles. The molecule has 20 heavy (non-hydrogen) atoms. The molecule has 2 rings (SSSR count). The molecule has 0 aliphatic rings. The van der Waals surface area contributed by atoms with Gasteiger partial charge in [-0.1, -0.05) is 0 Å². The summed E-state index contributed by atoms with van der Waals surface area (Å²) in [5.41, 5.74) is -1.11. The summed E-state index contributed by atoms with van der Waals surface area (Å²) in [5.74, 6) is -3.66. The van der Waals surface area contributed by atoms with Crippen LogP contribution in [-0.2, 0) is 0 Å². The summed E-state index contributed by atoms with van der Waals surface area (Å²) >= 11 is 0. The molecule has 0 unspecified atom stereocenters. The second-order valence-corrected chi connectivity index (χ2v) is 3.74. The highest BCUT2D eigenvalue weighted by molar-refractivity contribution is 6.06. The van der Waals surface area contributed by atoms with Crippen LogP contribution in [0.4, 0.5) is 20.2 Å². The van der Waals surface area contributed by atoms with Crippen LogP contribution >= 0.6 is 0 Å². The predicted molar refractivity (Wildman–Crippen MR) is 65.2 cm³/mol. The third-order valence-corrected chi connectivity index (χ3v) is 2.40. The second-order valence-electron chi connectivity index (χ2n) is 3.74. The van der Waals surface area contributed by atoms with Gasteiger partial charge in [0.1, 0.15) is 5.56 Å². The van der Waals surface area contributed by atoms with Crippen molar-refractivity contribution in [1.82, 2.24) is 4.98 Å². The summed E-state index contributed by atoms with van der Waals surface area (Å²) in [6, 6.07) is 3.89. The van der Waals surface area contributed by atoms with Crippen LogP contribution in [0, 0.1) is 21.7 Å². The van der Waals surface area contributed by atoms with Crippen molar-refractivity contribution < 1.29 is 18.5 Å². The Hall–Kier alpha value is -2.90. The number of nitro groups is 1. The number of anilines is 1. The van der Waals surface area contributed by atoms with Crippen molar-refractivity contribution >= 4 is 17.3 Å². The van der Waals surface area contributed by atoms with Crippen LogP contribution in [0.15, 0.2) is 36.7 Å². The van der Waals surface area contributed by atoms with E-state index in [1.807, 2.05) is 0 Å². The lowest BCUT2D eigenvalue weighted by molar-refractivity contribution is -0.385. The van der Waals surface area contributed by atoms with E-state index in [1.165, 1.54) is 24.5 Å². The number of amides is 1. The number of aromatic nitrogens is 1. The molecule has 6 nitrogen and oxygen atoms in total. The molecule has 1 N–H and O–H groups in total. The molecule has 0 radical (unpaired) electrons. The average Bonchev–Trinajstić information content (AvgIpc) is 2.42. The van der Waals surface area contributed by atoms with E-state index in [4.69, 9.17) is 0 Å². The summed E-state index contributed by atoms with van der Waals surface area (Å²) in [7, 11) is 0. The molecule has 1 aromatic heterocycles. The quantitative estimate of drug-likeness (QED) is 0.691. The molecule has 0 aliphatic carbocycles. The monoisotopic (exact) mass is 279 g/mol. The van der Waals surface area contributed by atoms with Crippen LogP contribution in [0.2, 0.25) is 0 Å². The number of benzene rings is 1. The van der Waals surface area contributed by atoms with Gasteiger partial charge in [-0.3, -0.25) is 19.9 Å². The van der Waals surface area contributed by atoms with E-state index in [1.54, 1.807) is 0 Å². The maximum absolute atomic E-state index is 13.1. The van der Waals surface area contributed by atoms with Crippen molar-refractivity contribution in [2.45, 2.75) is 0 Å². The molecule has 0 atom stereocenters. The number of nitrogens with one attached hydrogen (secondary N) is 1. The van der Waals surface area contributed by atoms with Crippen LogP contribution in [0.1, 0.15) is 10.4 Å². The molecule has 0 fully saturated rings. The van der Waals surface area contributed by atoms with Gasteiger partial charge in [-0.2, -0.15) is 0 Å². The maximum Gasteiger partial charge on any atom is 0.285 e. The molecule has 0 spiro atoms. The van der Waals surface area contributed by atoms with Crippen molar-refractivity contribution in [3.63, 3.8) is 0 Å². The number of nitro benzene ring substituents is 1. The van der Waals surface area contributed by atoms with Gasteiger partial charge < -0.3 is 5.32 Å². The fraction of sp³-hybridized carbons (Fsp3) is 0. The smallest absolute Gasteiger partial charge is 0.285 e. The Labute approximate surface area is 111 Å². The van der Waals surface area contributed by atoms with E-state index in [-0.39, 0.29) is 5.69 Å². The van der Waals surface area contributed by atoms with E-state index in [9.17, 15) is 23.7 Å². The second kappa shape index (κ2) is 5.39. The van der Waals surface area contributed by atoms with Crippen LogP contribution < -0.4 is 5.32 Å². The van der Waals surface area contributed by atoms with Gasteiger partial charge in [-0.15, -0.1) is 0 Å². The molecule has 1 aromatic carbocycles. The molecule has 2 aromatic rings. The largest absolute Gasteiger partial charge is 0.320 e. The Morgan fingerprint density at radius 1 is 1.30 bits per heavy atom. The lowest BCUT2D eigenvalue weighted by atomic mass is 10.1. The average molecular weight is 279 g/mol. The van der Waals surface area contributed by atoms with Gasteiger partial charge in [0.15, 0.2) is 11.6 Å². The van der Waals surface area contributed by atoms with E-state index in [2.05, 4.69) is 10.3 Å². The zero-order chi connectivity index (χ0) is 14.7. The molecule has 0 bridgehead atoms. The number of halogens is 2. The van der Waals surface area contributed by atoms with Crippen LogP contribution in [0.25, 0.3) is 0 Å². The zero-order valence-corrected chi connectivity index (χ0v) is 9.84. The van der Waals surface area contributed by atoms with E-state index >= 15 is 0 Å². The first kappa shape index (κ1) is 13.5. The van der Waals surface area contributed by atoms with Crippen molar-refractivity contribution in [2.24, 2.45) is 0 Å². The molecule has 0 aliphatic heterocycles. The fourth-order valence-electron chi connectivity index (χ4n) is 1.50. The van der Waals surface area contributed by atoms with E-state index < -0.39 is 33.7 Å². The third-order valence-electron chi connectivity index (χ3n) is 2.40. The molecule has 8 heteroatoms. The highest BCUT2D eigenvalue weighted by Crippen LogP contribution is 2.23. The van der Waals surface area contributed by atoms with Crippen molar-refractivity contribution in [1.29, 1.82) is 0 Å². The lowest BCUT2D eigenvalue weighted by Crippen LogP contribution is -2.15. The first-order valence-corrected chi connectivity index (χ1v) is 5.34. The highest BCUT2D eigenvalue weighted by Gasteiger charge is 2.24. The minimum absolute atomic E-state index is 0.275. The van der Waals surface area contributed by atoms with E-state index in [0.717, 1.165) is 0 Å². The number of pyridine rings is 1. The molecule has 1 heterocycles. The highest BCUT2D eigenvalue weighted by atomic mass is 19.2. The van der Waals surface area contributed by atoms with Gasteiger partial charge in [-0.05, 0) is 18.2 Å². The molecule has 102 valence electrons. The maximum atomic E-state index is 13.1. The molecule has 0 saturated carbocycles. The van der Waals surface area contributed by atoms with Gasteiger partial charge in [0.05, 0.1) is 22.9 Å². The number of hydrogen-bond donors (Lipinski definition) is 1.